The SMILES string of the molecule is Cn1c(C(=O)NC(CCC(=O)OC(C)(C)C)Cc2ccccc2)cc(Br)c1Br. The first-order valence-electron chi connectivity index (χ1n) is 9.14. The minimum Gasteiger partial charge on any atom is -0.460 e. The maximum atomic E-state index is 12.8. The monoisotopic (exact) mass is 512 g/mol. The first-order valence-corrected chi connectivity index (χ1v) is 10.7. The molecule has 2 aromatic rings. The van der Waals surface area contributed by atoms with Gasteiger partial charge in [0, 0.05) is 19.5 Å². The maximum absolute atomic E-state index is 12.8. The topological polar surface area (TPSA) is 60.3 Å². The molecule has 1 N–H and O–H groups in total. The van der Waals surface area contributed by atoms with Crippen LogP contribution in [0.1, 0.15) is 49.7 Å². The standard InChI is InChI=1S/C21H26Br2N2O3/c1-21(2,3)28-18(26)11-10-15(12-14-8-6-5-7-9-14)24-20(27)17-13-16(22)19(23)25(17)4/h5-9,13,15H,10-12H2,1-4H3,(H,24,27). The zero-order chi connectivity index (χ0) is 20.9. The Morgan fingerprint density at radius 3 is 2.36 bits per heavy atom. The lowest BCUT2D eigenvalue weighted by Crippen LogP contribution is -2.38. The van der Waals surface area contributed by atoms with Gasteiger partial charge in [0.15, 0.2) is 0 Å². The Morgan fingerprint density at radius 1 is 1.18 bits per heavy atom. The molecule has 0 saturated heterocycles. The van der Waals surface area contributed by atoms with Gasteiger partial charge in [-0.25, -0.2) is 0 Å². The molecule has 0 aliphatic rings. The first kappa shape index (κ1) is 22.7. The summed E-state index contributed by atoms with van der Waals surface area (Å²) >= 11 is 6.86. The van der Waals surface area contributed by atoms with Crippen molar-refractivity contribution in [3.05, 3.63) is 56.7 Å². The van der Waals surface area contributed by atoms with E-state index in [1.165, 1.54) is 0 Å². The van der Waals surface area contributed by atoms with Crippen molar-refractivity contribution in [3.8, 4) is 0 Å². The fourth-order valence-electron chi connectivity index (χ4n) is 2.83. The molecular weight excluding hydrogens is 488 g/mol. The Bertz CT molecular complexity index is 826. The van der Waals surface area contributed by atoms with E-state index in [1.807, 2.05) is 58.2 Å². The molecule has 1 amide bonds. The van der Waals surface area contributed by atoms with E-state index in [9.17, 15) is 9.59 Å². The number of nitrogens with zero attached hydrogens (tertiary/aromatic N) is 1. The van der Waals surface area contributed by atoms with Gasteiger partial charge in [-0.3, -0.25) is 9.59 Å². The minimum atomic E-state index is -0.517. The average Bonchev–Trinajstić information content (AvgIpc) is 2.86. The molecule has 0 saturated carbocycles. The number of carbonyl (C=O) groups is 2. The highest BCUT2D eigenvalue weighted by Gasteiger charge is 2.22. The predicted octanol–water partition coefficient (Wildman–Crippen LogP) is 5.01. The minimum absolute atomic E-state index is 0.181. The van der Waals surface area contributed by atoms with Gasteiger partial charge < -0.3 is 14.6 Å². The third kappa shape index (κ3) is 6.78. The van der Waals surface area contributed by atoms with Crippen molar-refractivity contribution in [2.45, 2.75) is 51.7 Å². The van der Waals surface area contributed by atoms with Gasteiger partial charge in [-0.05, 0) is 77.1 Å². The van der Waals surface area contributed by atoms with Crippen molar-refractivity contribution >= 4 is 43.7 Å². The van der Waals surface area contributed by atoms with Gasteiger partial charge in [-0.2, -0.15) is 0 Å². The summed E-state index contributed by atoms with van der Waals surface area (Å²) in [5.41, 5.74) is 1.12. The zero-order valence-corrected chi connectivity index (χ0v) is 19.8. The molecule has 5 nitrogen and oxygen atoms in total. The number of esters is 1. The van der Waals surface area contributed by atoms with Crippen molar-refractivity contribution < 1.29 is 14.3 Å². The van der Waals surface area contributed by atoms with Gasteiger partial charge >= 0.3 is 5.97 Å². The number of rotatable bonds is 7. The molecule has 0 bridgehead atoms. The third-order valence-electron chi connectivity index (χ3n) is 4.13. The Balaban J connectivity index is 2.10. The van der Waals surface area contributed by atoms with Gasteiger partial charge in [0.05, 0.1) is 9.08 Å². The summed E-state index contributed by atoms with van der Waals surface area (Å²) in [6, 6.07) is 11.5. The van der Waals surface area contributed by atoms with Crippen LogP contribution < -0.4 is 5.32 Å². The number of hydrogen-bond acceptors (Lipinski definition) is 3. The van der Waals surface area contributed by atoms with Crippen LogP contribution in [0, 0.1) is 0 Å². The van der Waals surface area contributed by atoms with Crippen molar-refractivity contribution in [2.75, 3.05) is 0 Å². The second-order valence-electron chi connectivity index (χ2n) is 7.71. The van der Waals surface area contributed by atoms with Crippen molar-refractivity contribution in [1.29, 1.82) is 0 Å². The molecule has 1 aromatic carbocycles. The summed E-state index contributed by atoms with van der Waals surface area (Å²) < 4.78 is 8.78. The summed E-state index contributed by atoms with van der Waals surface area (Å²) in [7, 11) is 1.82. The number of halogens is 2. The molecule has 0 aliphatic heterocycles. The normalized spacial score (nSPS) is 12.5. The van der Waals surface area contributed by atoms with E-state index in [0.29, 0.717) is 18.5 Å². The van der Waals surface area contributed by atoms with Gasteiger partial charge in [-0.15, -0.1) is 0 Å². The van der Waals surface area contributed by atoms with Gasteiger partial charge in [0.1, 0.15) is 11.3 Å². The van der Waals surface area contributed by atoms with Crippen LogP contribution >= 0.6 is 31.9 Å². The smallest absolute Gasteiger partial charge is 0.306 e. The fourth-order valence-corrected chi connectivity index (χ4v) is 3.62. The molecule has 1 atom stereocenters. The number of hydrogen-bond donors (Lipinski definition) is 1. The lowest BCUT2D eigenvalue weighted by Gasteiger charge is -2.22. The number of nitrogens with one attached hydrogen (secondary N) is 1. The Kier molecular flexibility index (Phi) is 7.89. The lowest BCUT2D eigenvalue weighted by molar-refractivity contribution is -0.155. The van der Waals surface area contributed by atoms with E-state index >= 15 is 0 Å². The molecule has 1 heterocycles. The molecule has 152 valence electrons. The quantitative estimate of drug-likeness (QED) is 0.529. The van der Waals surface area contributed by atoms with E-state index in [2.05, 4.69) is 37.2 Å². The van der Waals surface area contributed by atoms with Gasteiger partial charge in [-0.1, -0.05) is 30.3 Å². The molecule has 0 spiro atoms. The van der Waals surface area contributed by atoms with Crippen LogP contribution in [0.4, 0.5) is 0 Å². The zero-order valence-electron chi connectivity index (χ0n) is 16.6. The molecule has 2 rings (SSSR count). The number of ether oxygens (including phenoxy) is 1. The Morgan fingerprint density at radius 2 is 1.82 bits per heavy atom. The average molecular weight is 514 g/mol. The Labute approximate surface area is 183 Å². The highest BCUT2D eigenvalue weighted by Crippen LogP contribution is 2.26. The molecule has 0 fully saturated rings. The highest BCUT2D eigenvalue weighted by molar-refractivity contribution is 9.13. The molecule has 7 heteroatoms. The van der Waals surface area contributed by atoms with Crippen LogP contribution in [0.5, 0.6) is 0 Å². The molecule has 1 aromatic heterocycles. The lowest BCUT2D eigenvalue weighted by atomic mass is 10.0. The molecule has 0 radical (unpaired) electrons. The Hall–Kier alpha value is -1.60. The van der Waals surface area contributed by atoms with Crippen LogP contribution in [0.25, 0.3) is 0 Å². The van der Waals surface area contributed by atoms with Crippen LogP contribution in [0.15, 0.2) is 45.5 Å². The second kappa shape index (κ2) is 9.74. The van der Waals surface area contributed by atoms with E-state index in [4.69, 9.17) is 4.74 Å². The number of amides is 1. The van der Waals surface area contributed by atoms with E-state index in [0.717, 1.165) is 14.6 Å². The van der Waals surface area contributed by atoms with Crippen LogP contribution in [-0.2, 0) is 23.0 Å². The summed E-state index contributed by atoms with van der Waals surface area (Å²) in [4.78, 5) is 24.9. The van der Waals surface area contributed by atoms with E-state index in [1.54, 1.807) is 10.6 Å². The van der Waals surface area contributed by atoms with E-state index < -0.39 is 5.60 Å². The van der Waals surface area contributed by atoms with Crippen LogP contribution in [-0.4, -0.2) is 28.1 Å². The second-order valence-corrected chi connectivity index (χ2v) is 9.32. The summed E-state index contributed by atoms with van der Waals surface area (Å²) in [5.74, 6) is -0.441. The number of carbonyl (C=O) groups excluding carboxylic acids is 2. The number of aromatic nitrogens is 1. The highest BCUT2D eigenvalue weighted by atomic mass is 79.9. The molecular formula is C21H26Br2N2O3. The fraction of sp³-hybridized carbons (Fsp3) is 0.429. The molecule has 0 aliphatic carbocycles. The summed E-state index contributed by atoms with van der Waals surface area (Å²) in [6.45, 7) is 5.54. The number of benzene rings is 1. The summed E-state index contributed by atoms with van der Waals surface area (Å²) in [5, 5.41) is 3.07. The molecule has 1 unspecified atom stereocenters. The van der Waals surface area contributed by atoms with Crippen molar-refractivity contribution in [2.24, 2.45) is 7.05 Å². The van der Waals surface area contributed by atoms with Crippen LogP contribution in [0.2, 0.25) is 0 Å². The van der Waals surface area contributed by atoms with E-state index in [-0.39, 0.29) is 24.3 Å². The van der Waals surface area contributed by atoms with Crippen LogP contribution in [0.3, 0.4) is 0 Å². The molecule has 28 heavy (non-hydrogen) atoms. The predicted molar refractivity (Wildman–Crippen MR) is 117 cm³/mol. The largest absolute Gasteiger partial charge is 0.460 e. The third-order valence-corrected chi connectivity index (χ3v) is 6.22. The van der Waals surface area contributed by atoms with Gasteiger partial charge in [0.25, 0.3) is 5.91 Å². The van der Waals surface area contributed by atoms with Crippen molar-refractivity contribution in [1.82, 2.24) is 9.88 Å². The first-order chi connectivity index (χ1) is 13.1. The van der Waals surface area contributed by atoms with Gasteiger partial charge in [0.2, 0.25) is 0 Å². The van der Waals surface area contributed by atoms with Crippen molar-refractivity contribution in [3.63, 3.8) is 0 Å². The summed E-state index contributed by atoms with van der Waals surface area (Å²) in [6.07, 6.45) is 1.39. The maximum Gasteiger partial charge on any atom is 0.306 e.